The molecule has 1 aromatic heterocycles. The van der Waals surface area contributed by atoms with Crippen molar-refractivity contribution in [2.45, 2.75) is 38.2 Å². The maximum absolute atomic E-state index is 10.9. The fraction of sp³-hybridized carbons (Fsp3) is 0.750. The summed E-state index contributed by atoms with van der Waals surface area (Å²) in [5, 5.41) is 28.3. The Balaban J connectivity index is 2.04. The van der Waals surface area contributed by atoms with E-state index in [9.17, 15) is 15.2 Å². The second-order valence-electron chi connectivity index (χ2n) is 5.57. The highest BCUT2D eigenvalue weighted by Gasteiger charge is 2.33. The van der Waals surface area contributed by atoms with Gasteiger partial charge in [-0.05, 0) is 18.8 Å². The summed E-state index contributed by atoms with van der Waals surface area (Å²) in [5.74, 6) is 0.707. The number of hydrogen-bond acceptors (Lipinski definition) is 5. The van der Waals surface area contributed by atoms with E-state index in [0.29, 0.717) is 12.5 Å². The van der Waals surface area contributed by atoms with Crippen LogP contribution in [0.25, 0.3) is 0 Å². The van der Waals surface area contributed by atoms with Gasteiger partial charge in [0.25, 0.3) is 0 Å². The Morgan fingerprint density at radius 3 is 3.11 bits per heavy atom. The Hall–Kier alpha value is -1.63. The average Bonchev–Trinajstić information content (AvgIpc) is 2.68. The predicted octanol–water partition coefficient (Wildman–Crippen LogP) is 1.68. The van der Waals surface area contributed by atoms with Crippen molar-refractivity contribution in [3.63, 3.8) is 0 Å². The Labute approximate surface area is 111 Å². The highest BCUT2D eigenvalue weighted by atomic mass is 16.6. The number of nitrogens with zero attached hydrogens (tertiary/aromatic N) is 3. The lowest BCUT2D eigenvalue weighted by Gasteiger charge is -2.35. The minimum absolute atomic E-state index is 0.0602. The number of anilines is 1. The summed E-state index contributed by atoms with van der Waals surface area (Å²) in [6, 6.07) is 0. The van der Waals surface area contributed by atoms with Crippen molar-refractivity contribution in [2.75, 3.05) is 11.9 Å². The standard InChI is InChI=1S/C12H20N4O3/c1-9-4-3-5-12(17,6-9)8-13-11-10(16(18)19)7-15(2)14-11/h7,9,17H,3-6,8H2,1-2H3,(H,13,14). The lowest BCUT2D eigenvalue weighted by atomic mass is 9.79. The van der Waals surface area contributed by atoms with Crippen LogP contribution in [0.1, 0.15) is 32.6 Å². The molecule has 19 heavy (non-hydrogen) atoms. The molecule has 2 atom stereocenters. The number of rotatable bonds is 4. The molecule has 0 spiro atoms. The Morgan fingerprint density at radius 1 is 1.74 bits per heavy atom. The van der Waals surface area contributed by atoms with Gasteiger partial charge in [-0.2, -0.15) is 0 Å². The molecular weight excluding hydrogens is 248 g/mol. The van der Waals surface area contributed by atoms with E-state index in [1.165, 1.54) is 10.9 Å². The van der Waals surface area contributed by atoms with Gasteiger partial charge < -0.3 is 10.4 Å². The molecule has 1 aliphatic rings. The molecule has 2 rings (SSSR count). The van der Waals surface area contributed by atoms with Crippen molar-refractivity contribution < 1.29 is 10.0 Å². The zero-order valence-electron chi connectivity index (χ0n) is 11.3. The summed E-state index contributed by atoms with van der Waals surface area (Å²) in [6.45, 7) is 2.42. The second kappa shape index (κ2) is 5.16. The largest absolute Gasteiger partial charge is 0.388 e. The first-order valence-electron chi connectivity index (χ1n) is 6.54. The van der Waals surface area contributed by atoms with E-state index in [-0.39, 0.29) is 11.5 Å². The fourth-order valence-electron chi connectivity index (χ4n) is 2.78. The third-order valence-corrected chi connectivity index (χ3v) is 3.66. The topological polar surface area (TPSA) is 93.2 Å². The first-order chi connectivity index (χ1) is 8.89. The van der Waals surface area contributed by atoms with E-state index in [1.54, 1.807) is 7.05 Å². The highest BCUT2D eigenvalue weighted by molar-refractivity contribution is 5.54. The molecule has 106 valence electrons. The molecule has 0 saturated heterocycles. The number of hydrogen-bond donors (Lipinski definition) is 2. The van der Waals surface area contributed by atoms with Crippen molar-refractivity contribution in [3.8, 4) is 0 Å². The first-order valence-corrected chi connectivity index (χ1v) is 6.54. The fourth-order valence-corrected chi connectivity index (χ4v) is 2.78. The third-order valence-electron chi connectivity index (χ3n) is 3.66. The van der Waals surface area contributed by atoms with Crippen molar-refractivity contribution in [3.05, 3.63) is 16.3 Å². The first kappa shape index (κ1) is 13.8. The Kier molecular flexibility index (Phi) is 3.75. The van der Waals surface area contributed by atoms with E-state index < -0.39 is 10.5 Å². The molecular formula is C12H20N4O3. The predicted molar refractivity (Wildman–Crippen MR) is 70.9 cm³/mol. The molecule has 0 amide bonds. The maximum Gasteiger partial charge on any atom is 0.330 e. The van der Waals surface area contributed by atoms with Gasteiger partial charge in [-0.3, -0.25) is 14.8 Å². The van der Waals surface area contributed by atoms with E-state index >= 15 is 0 Å². The Bertz CT molecular complexity index is 474. The van der Waals surface area contributed by atoms with Crippen LogP contribution in [-0.2, 0) is 7.05 Å². The molecule has 1 heterocycles. The molecule has 1 aromatic rings. The summed E-state index contributed by atoms with van der Waals surface area (Å²) < 4.78 is 1.40. The summed E-state index contributed by atoms with van der Waals surface area (Å²) in [7, 11) is 1.63. The van der Waals surface area contributed by atoms with Gasteiger partial charge in [-0.25, -0.2) is 0 Å². The summed E-state index contributed by atoms with van der Waals surface area (Å²) >= 11 is 0. The molecule has 7 nitrogen and oxygen atoms in total. The van der Waals surface area contributed by atoms with Gasteiger partial charge in [0.15, 0.2) is 0 Å². The van der Waals surface area contributed by atoms with Crippen LogP contribution in [0.2, 0.25) is 0 Å². The van der Waals surface area contributed by atoms with Gasteiger partial charge in [0.1, 0.15) is 6.20 Å². The molecule has 7 heteroatoms. The summed E-state index contributed by atoms with van der Waals surface area (Å²) in [5.41, 5.74) is -0.849. The molecule has 0 bridgehead atoms. The molecule has 2 N–H and O–H groups in total. The zero-order chi connectivity index (χ0) is 14.0. The van der Waals surface area contributed by atoms with Gasteiger partial charge in [-0.15, -0.1) is 5.10 Å². The van der Waals surface area contributed by atoms with Crippen LogP contribution in [-0.4, -0.2) is 32.0 Å². The van der Waals surface area contributed by atoms with E-state index in [2.05, 4.69) is 17.3 Å². The SMILES string of the molecule is CC1CCCC(O)(CNc2nn(C)cc2[N+](=O)[O-])C1. The molecule has 2 unspecified atom stereocenters. The van der Waals surface area contributed by atoms with Gasteiger partial charge in [0.2, 0.25) is 5.82 Å². The number of nitro groups is 1. The number of nitrogens with one attached hydrogen (secondary N) is 1. The van der Waals surface area contributed by atoms with Crippen LogP contribution in [0.5, 0.6) is 0 Å². The maximum atomic E-state index is 10.9. The molecule has 1 aliphatic carbocycles. The average molecular weight is 268 g/mol. The smallest absolute Gasteiger partial charge is 0.330 e. The quantitative estimate of drug-likeness (QED) is 0.640. The lowest BCUT2D eigenvalue weighted by molar-refractivity contribution is -0.384. The lowest BCUT2D eigenvalue weighted by Crippen LogP contribution is -2.41. The number of aromatic nitrogens is 2. The minimum Gasteiger partial charge on any atom is -0.388 e. The summed E-state index contributed by atoms with van der Waals surface area (Å²) in [6.07, 6.45) is 4.93. The zero-order valence-corrected chi connectivity index (χ0v) is 11.3. The van der Waals surface area contributed by atoms with Crippen LogP contribution in [0, 0.1) is 16.0 Å². The summed E-state index contributed by atoms with van der Waals surface area (Å²) in [4.78, 5) is 10.4. The number of aliphatic hydroxyl groups is 1. The van der Waals surface area contributed by atoms with E-state index in [1.807, 2.05) is 0 Å². The minimum atomic E-state index is -0.789. The van der Waals surface area contributed by atoms with Crippen LogP contribution in [0.3, 0.4) is 0 Å². The van der Waals surface area contributed by atoms with Crippen molar-refractivity contribution >= 4 is 11.5 Å². The van der Waals surface area contributed by atoms with Crippen molar-refractivity contribution in [1.82, 2.24) is 9.78 Å². The van der Waals surface area contributed by atoms with E-state index in [4.69, 9.17) is 0 Å². The third kappa shape index (κ3) is 3.23. The van der Waals surface area contributed by atoms with Crippen LogP contribution in [0.4, 0.5) is 11.5 Å². The van der Waals surface area contributed by atoms with Gasteiger partial charge in [0.05, 0.1) is 10.5 Å². The molecule has 0 radical (unpaired) electrons. The van der Waals surface area contributed by atoms with Crippen LogP contribution >= 0.6 is 0 Å². The second-order valence-corrected chi connectivity index (χ2v) is 5.57. The van der Waals surface area contributed by atoms with Gasteiger partial charge in [0, 0.05) is 13.6 Å². The number of aryl methyl sites for hydroxylation is 1. The Morgan fingerprint density at radius 2 is 2.47 bits per heavy atom. The van der Waals surface area contributed by atoms with Crippen molar-refractivity contribution in [2.24, 2.45) is 13.0 Å². The molecule has 0 aromatic carbocycles. The normalized spacial score (nSPS) is 27.2. The van der Waals surface area contributed by atoms with Gasteiger partial charge >= 0.3 is 5.69 Å². The van der Waals surface area contributed by atoms with Crippen LogP contribution < -0.4 is 5.32 Å². The van der Waals surface area contributed by atoms with Crippen molar-refractivity contribution in [1.29, 1.82) is 0 Å². The van der Waals surface area contributed by atoms with E-state index in [0.717, 1.165) is 25.7 Å². The monoisotopic (exact) mass is 268 g/mol. The molecule has 0 aliphatic heterocycles. The van der Waals surface area contributed by atoms with Gasteiger partial charge in [-0.1, -0.05) is 19.8 Å². The molecule has 1 fully saturated rings. The van der Waals surface area contributed by atoms with Crippen LogP contribution in [0.15, 0.2) is 6.20 Å². The molecule has 1 saturated carbocycles. The highest BCUT2D eigenvalue weighted by Crippen LogP contribution is 2.33.